The Morgan fingerprint density at radius 3 is 1.87 bits per heavy atom. The summed E-state index contributed by atoms with van der Waals surface area (Å²) in [4.78, 5) is 16.3. The highest BCUT2D eigenvalue weighted by atomic mass is 17.0. The third-order valence-corrected chi connectivity index (χ3v) is 7.63. The summed E-state index contributed by atoms with van der Waals surface area (Å²) >= 11 is 0. The molecule has 4 fully saturated rings. The van der Waals surface area contributed by atoms with E-state index in [1.54, 1.807) is 0 Å². The maximum Gasteiger partial charge on any atom is 0.294 e. The SMILES string of the molecule is CCC(O[N+](=O)[O-])C12CC3(CC)CC(CC)(CC(CN)(C3)C1)C2. The first-order chi connectivity index (χ1) is 10.8. The van der Waals surface area contributed by atoms with Crippen LogP contribution in [0, 0.1) is 31.8 Å². The van der Waals surface area contributed by atoms with Gasteiger partial charge in [-0.05, 0) is 73.2 Å². The Labute approximate surface area is 139 Å². The summed E-state index contributed by atoms with van der Waals surface area (Å²) in [6, 6.07) is 0. The summed E-state index contributed by atoms with van der Waals surface area (Å²) in [5.41, 5.74) is 7.04. The molecule has 4 aliphatic carbocycles. The van der Waals surface area contributed by atoms with Gasteiger partial charge in [0.25, 0.3) is 5.09 Å². The van der Waals surface area contributed by atoms with Crippen molar-refractivity contribution in [2.45, 2.75) is 84.7 Å². The number of hydrogen-bond acceptors (Lipinski definition) is 4. The van der Waals surface area contributed by atoms with E-state index < -0.39 is 5.09 Å². The van der Waals surface area contributed by atoms with E-state index in [1.165, 1.54) is 19.3 Å². The lowest BCUT2D eigenvalue weighted by molar-refractivity contribution is -0.774. The molecule has 0 aromatic heterocycles. The van der Waals surface area contributed by atoms with Crippen molar-refractivity contribution in [2.24, 2.45) is 27.4 Å². The maximum atomic E-state index is 11.1. The molecule has 4 aliphatic rings. The minimum absolute atomic E-state index is 0.0536. The highest BCUT2D eigenvalue weighted by Crippen LogP contribution is 2.76. The minimum atomic E-state index is -0.570. The third-order valence-electron chi connectivity index (χ3n) is 7.63. The zero-order chi connectivity index (χ0) is 16.9. The van der Waals surface area contributed by atoms with Crippen molar-refractivity contribution in [1.82, 2.24) is 0 Å². The summed E-state index contributed by atoms with van der Waals surface area (Å²) in [7, 11) is 0. The fraction of sp³-hybridized carbons (Fsp3) is 1.00. The van der Waals surface area contributed by atoms with Gasteiger partial charge in [-0.1, -0.05) is 33.6 Å². The van der Waals surface area contributed by atoms with Crippen molar-refractivity contribution in [2.75, 3.05) is 6.54 Å². The van der Waals surface area contributed by atoms with Crippen LogP contribution < -0.4 is 5.73 Å². The van der Waals surface area contributed by atoms with Crippen LogP contribution in [0.5, 0.6) is 0 Å². The van der Waals surface area contributed by atoms with Crippen LogP contribution in [0.15, 0.2) is 0 Å². The van der Waals surface area contributed by atoms with Crippen molar-refractivity contribution in [3.05, 3.63) is 10.1 Å². The summed E-state index contributed by atoms with van der Waals surface area (Å²) in [6.45, 7) is 7.33. The van der Waals surface area contributed by atoms with Gasteiger partial charge in [-0.15, -0.1) is 10.1 Å². The van der Waals surface area contributed by atoms with E-state index in [2.05, 4.69) is 13.8 Å². The van der Waals surface area contributed by atoms with Crippen molar-refractivity contribution < 1.29 is 9.92 Å². The lowest BCUT2D eigenvalue weighted by atomic mass is 9.33. The predicted molar refractivity (Wildman–Crippen MR) is 89.2 cm³/mol. The molecule has 4 saturated carbocycles. The normalized spacial score (nSPS) is 45.9. The topological polar surface area (TPSA) is 78.4 Å². The van der Waals surface area contributed by atoms with Gasteiger partial charge in [0.1, 0.15) is 6.10 Å². The quantitative estimate of drug-likeness (QED) is 0.565. The number of nitrogens with zero attached hydrogens (tertiary/aromatic N) is 1. The molecule has 4 bridgehead atoms. The summed E-state index contributed by atoms with van der Waals surface area (Å²) in [6.07, 6.45) is 9.66. The number of nitrogens with two attached hydrogens (primary N) is 1. The zero-order valence-corrected chi connectivity index (χ0v) is 14.9. The predicted octanol–water partition coefficient (Wildman–Crippen LogP) is 4.08. The molecular formula is C18H32N2O3. The van der Waals surface area contributed by atoms with Crippen LogP contribution >= 0.6 is 0 Å². The molecule has 0 aliphatic heterocycles. The molecule has 23 heavy (non-hydrogen) atoms. The highest BCUT2D eigenvalue weighted by Gasteiger charge is 2.68. The lowest BCUT2D eigenvalue weighted by Crippen LogP contribution is -2.65. The van der Waals surface area contributed by atoms with Gasteiger partial charge in [0, 0.05) is 0 Å². The van der Waals surface area contributed by atoms with Gasteiger partial charge >= 0.3 is 0 Å². The van der Waals surface area contributed by atoms with Gasteiger partial charge in [-0.25, -0.2) is 0 Å². The van der Waals surface area contributed by atoms with Crippen LogP contribution in [0.4, 0.5) is 0 Å². The Morgan fingerprint density at radius 1 is 1.00 bits per heavy atom. The smallest absolute Gasteiger partial charge is 0.294 e. The minimum Gasteiger partial charge on any atom is -0.330 e. The largest absolute Gasteiger partial charge is 0.330 e. The molecule has 0 heterocycles. The van der Waals surface area contributed by atoms with E-state index in [-0.39, 0.29) is 16.9 Å². The monoisotopic (exact) mass is 324 g/mol. The Morgan fingerprint density at radius 2 is 1.48 bits per heavy atom. The van der Waals surface area contributed by atoms with Crippen molar-refractivity contribution in [3.63, 3.8) is 0 Å². The first-order valence-electron chi connectivity index (χ1n) is 9.31. The van der Waals surface area contributed by atoms with Crippen LogP contribution in [-0.2, 0) is 4.84 Å². The molecule has 4 rings (SSSR count). The van der Waals surface area contributed by atoms with Crippen LogP contribution in [0.3, 0.4) is 0 Å². The second-order valence-electron chi connectivity index (χ2n) is 9.06. The van der Waals surface area contributed by atoms with Crippen LogP contribution in [0.1, 0.15) is 78.6 Å². The molecule has 0 aromatic rings. The average molecular weight is 324 g/mol. The molecular weight excluding hydrogens is 292 g/mol. The number of rotatable bonds is 7. The molecule has 132 valence electrons. The first kappa shape index (κ1) is 17.0. The van der Waals surface area contributed by atoms with Gasteiger partial charge in [0.2, 0.25) is 0 Å². The van der Waals surface area contributed by atoms with Crippen LogP contribution in [0.2, 0.25) is 0 Å². The fourth-order valence-electron chi connectivity index (χ4n) is 7.41. The third kappa shape index (κ3) is 2.46. The lowest BCUT2D eigenvalue weighted by Gasteiger charge is -2.72. The molecule has 3 unspecified atom stereocenters. The Hall–Kier alpha value is -0.840. The number of hydrogen-bond donors (Lipinski definition) is 1. The molecule has 0 spiro atoms. The second kappa shape index (κ2) is 5.33. The van der Waals surface area contributed by atoms with E-state index in [0.29, 0.717) is 23.8 Å². The van der Waals surface area contributed by atoms with Gasteiger partial charge in [-0.3, -0.25) is 0 Å². The molecule has 0 radical (unpaired) electrons. The second-order valence-corrected chi connectivity index (χ2v) is 9.06. The van der Waals surface area contributed by atoms with Crippen molar-refractivity contribution in [3.8, 4) is 0 Å². The van der Waals surface area contributed by atoms with Crippen molar-refractivity contribution >= 4 is 0 Å². The maximum absolute atomic E-state index is 11.1. The van der Waals surface area contributed by atoms with Crippen molar-refractivity contribution in [1.29, 1.82) is 0 Å². The Kier molecular flexibility index (Phi) is 3.94. The molecule has 3 atom stereocenters. The van der Waals surface area contributed by atoms with Crippen LogP contribution in [-0.4, -0.2) is 17.7 Å². The fourth-order valence-corrected chi connectivity index (χ4v) is 7.41. The van der Waals surface area contributed by atoms with Gasteiger partial charge < -0.3 is 10.6 Å². The molecule has 0 aromatic carbocycles. The standard InChI is InChI=1S/C18H32N2O3/c1-4-14(23-20(21)22)18-10-15(5-2)7-16(6-3,11-18)9-17(8-15,12-18)13-19/h14H,4-13,19H2,1-3H3. The summed E-state index contributed by atoms with van der Waals surface area (Å²) in [5, 5.41) is 10.5. The molecule has 5 heteroatoms. The van der Waals surface area contributed by atoms with Crippen LogP contribution in [0.25, 0.3) is 0 Å². The molecule has 5 nitrogen and oxygen atoms in total. The summed E-state index contributed by atoms with van der Waals surface area (Å²) in [5.74, 6) is 0. The Balaban J connectivity index is 2.05. The van der Waals surface area contributed by atoms with E-state index in [4.69, 9.17) is 10.6 Å². The molecule has 2 N–H and O–H groups in total. The van der Waals surface area contributed by atoms with E-state index >= 15 is 0 Å². The molecule has 0 amide bonds. The first-order valence-corrected chi connectivity index (χ1v) is 9.31. The zero-order valence-electron chi connectivity index (χ0n) is 14.9. The van der Waals surface area contributed by atoms with Gasteiger partial charge in [0.15, 0.2) is 0 Å². The van der Waals surface area contributed by atoms with E-state index in [0.717, 1.165) is 32.1 Å². The van der Waals surface area contributed by atoms with E-state index in [1.807, 2.05) is 6.92 Å². The molecule has 0 saturated heterocycles. The Bertz CT molecular complexity index is 434. The average Bonchev–Trinajstić information content (AvgIpc) is 2.51. The van der Waals surface area contributed by atoms with Gasteiger partial charge in [-0.2, -0.15) is 0 Å². The van der Waals surface area contributed by atoms with E-state index in [9.17, 15) is 10.1 Å². The highest BCUT2D eigenvalue weighted by molar-refractivity contribution is 5.18. The summed E-state index contributed by atoms with van der Waals surface area (Å²) < 4.78 is 0. The van der Waals surface area contributed by atoms with Gasteiger partial charge in [0.05, 0.1) is 0 Å².